The summed E-state index contributed by atoms with van der Waals surface area (Å²) in [7, 11) is 2.04. The van der Waals surface area contributed by atoms with E-state index in [1.54, 1.807) is 0 Å². The average Bonchev–Trinajstić information content (AvgIpc) is 2.43. The minimum absolute atomic E-state index is 0.193. The van der Waals surface area contributed by atoms with Crippen LogP contribution in [0, 0.1) is 5.92 Å². The van der Waals surface area contributed by atoms with Crippen LogP contribution in [0.3, 0.4) is 0 Å². The SMILES string of the molecule is CC[C@@H]1CC(COC(F)F)CN1C. The van der Waals surface area contributed by atoms with Crippen LogP contribution in [0.1, 0.15) is 19.8 Å². The molecule has 4 heteroatoms. The summed E-state index contributed by atoms with van der Waals surface area (Å²) in [5, 5.41) is 0. The fourth-order valence-corrected chi connectivity index (χ4v) is 2.00. The van der Waals surface area contributed by atoms with Gasteiger partial charge in [-0.2, -0.15) is 8.78 Å². The molecule has 2 nitrogen and oxygen atoms in total. The topological polar surface area (TPSA) is 12.5 Å². The van der Waals surface area contributed by atoms with E-state index < -0.39 is 6.61 Å². The maximum absolute atomic E-state index is 11.7. The van der Waals surface area contributed by atoms with Crippen LogP contribution in [0.2, 0.25) is 0 Å². The van der Waals surface area contributed by atoms with Crippen molar-refractivity contribution in [2.45, 2.75) is 32.4 Å². The molecule has 2 atom stereocenters. The molecule has 0 saturated carbocycles. The first kappa shape index (κ1) is 10.9. The van der Waals surface area contributed by atoms with Crippen molar-refractivity contribution in [3.63, 3.8) is 0 Å². The highest BCUT2D eigenvalue weighted by Gasteiger charge is 2.28. The first-order valence-corrected chi connectivity index (χ1v) is 4.73. The molecule has 0 spiro atoms. The first-order valence-electron chi connectivity index (χ1n) is 4.73. The van der Waals surface area contributed by atoms with Gasteiger partial charge in [0.05, 0.1) is 6.61 Å². The van der Waals surface area contributed by atoms with E-state index in [1.807, 2.05) is 7.05 Å². The zero-order valence-electron chi connectivity index (χ0n) is 8.17. The second kappa shape index (κ2) is 4.86. The lowest BCUT2D eigenvalue weighted by atomic mass is 10.1. The van der Waals surface area contributed by atoms with E-state index in [0.29, 0.717) is 6.04 Å². The molecule has 0 aromatic rings. The van der Waals surface area contributed by atoms with Gasteiger partial charge in [0.25, 0.3) is 0 Å². The summed E-state index contributed by atoms with van der Waals surface area (Å²) < 4.78 is 27.8. The maximum atomic E-state index is 11.7. The molecule has 0 aromatic carbocycles. The van der Waals surface area contributed by atoms with E-state index in [2.05, 4.69) is 16.6 Å². The predicted octanol–water partition coefficient (Wildman–Crippen LogP) is 1.96. The largest absolute Gasteiger partial charge is 0.345 e. The quantitative estimate of drug-likeness (QED) is 0.676. The second-order valence-corrected chi connectivity index (χ2v) is 3.70. The monoisotopic (exact) mass is 193 g/mol. The molecule has 1 aliphatic rings. The van der Waals surface area contributed by atoms with Gasteiger partial charge in [-0.1, -0.05) is 6.92 Å². The summed E-state index contributed by atoms with van der Waals surface area (Å²) in [6.07, 6.45) is 2.07. The molecule has 1 unspecified atom stereocenters. The van der Waals surface area contributed by atoms with Crippen LogP contribution < -0.4 is 0 Å². The van der Waals surface area contributed by atoms with E-state index >= 15 is 0 Å². The molecule has 1 rings (SSSR count). The summed E-state index contributed by atoms with van der Waals surface area (Å²) in [6.45, 7) is 0.576. The molecule has 78 valence electrons. The lowest BCUT2D eigenvalue weighted by Crippen LogP contribution is -2.24. The van der Waals surface area contributed by atoms with Crippen molar-refractivity contribution in [2.75, 3.05) is 20.2 Å². The standard InChI is InChI=1S/C9H17F2NO/c1-3-8-4-7(5-12(8)2)6-13-9(10)11/h7-9H,3-6H2,1-2H3/t7?,8-/m1/s1. The van der Waals surface area contributed by atoms with Crippen LogP contribution >= 0.6 is 0 Å². The Hall–Kier alpha value is -0.220. The van der Waals surface area contributed by atoms with Crippen molar-refractivity contribution in [1.82, 2.24) is 4.90 Å². The molecule has 0 bridgehead atoms. The average molecular weight is 193 g/mol. The predicted molar refractivity (Wildman–Crippen MR) is 46.8 cm³/mol. The zero-order valence-corrected chi connectivity index (χ0v) is 8.17. The summed E-state index contributed by atoms with van der Waals surface area (Å²) in [6, 6.07) is 0.547. The molecular formula is C9H17F2NO. The molecule has 1 fully saturated rings. The first-order chi connectivity index (χ1) is 6.13. The number of alkyl halides is 2. The van der Waals surface area contributed by atoms with Crippen LogP contribution in [0.25, 0.3) is 0 Å². The molecule has 0 amide bonds. The van der Waals surface area contributed by atoms with E-state index in [1.165, 1.54) is 0 Å². The highest BCUT2D eigenvalue weighted by Crippen LogP contribution is 2.24. The van der Waals surface area contributed by atoms with Crippen molar-refractivity contribution in [3.8, 4) is 0 Å². The number of hydrogen-bond acceptors (Lipinski definition) is 2. The number of halogens is 2. The molecular weight excluding hydrogens is 176 g/mol. The Morgan fingerprint density at radius 2 is 2.23 bits per heavy atom. The normalized spacial score (nSPS) is 30.2. The van der Waals surface area contributed by atoms with Crippen molar-refractivity contribution in [1.29, 1.82) is 0 Å². The zero-order chi connectivity index (χ0) is 9.84. The third-order valence-electron chi connectivity index (χ3n) is 2.70. The minimum Gasteiger partial charge on any atom is -0.323 e. The Morgan fingerprint density at radius 1 is 1.54 bits per heavy atom. The van der Waals surface area contributed by atoms with Crippen LogP contribution in [-0.4, -0.2) is 37.8 Å². The van der Waals surface area contributed by atoms with Gasteiger partial charge in [0.2, 0.25) is 0 Å². The van der Waals surface area contributed by atoms with Gasteiger partial charge in [0.15, 0.2) is 0 Å². The van der Waals surface area contributed by atoms with Crippen LogP contribution in [0.4, 0.5) is 8.78 Å². The Morgan fingerprint density at radius 3 is 2.69 bits per heavy atom. The Kier molecular flexibility index (Phi) is 4.06. The second-order valence-electron chi connectivity index (χ2n) is 3.70. The summed E-state index contributed by atoms with van der Waals surface area (Å²) >= 11 is 0. The fraction of sp³-hybridized carbons (Fsp3) is 1.00. The highest BCUT2D eigenvalue weighted by molar-refractivity contribution is 4.81. The molecule has 0 aromatic heterocycles. The summed E-state index contributed by atoms with van der Waals surface area (Å²) in [5.74, 6) is 0.281. The lowest BCUT2D eigenvalue weighted by molar-refractivity contribution is -0.137. The van der Waals surface area contributed by atoms with E-state index in [9.17, 15) is 8.78 Å². The Bertz CT molecular complexity index is 155. The highest BCUT2D eigenvalue weighted by atomic mass is 19.3. The van der Waals surface area contributed by atoms with Crippen LogP contribution in [-0.2, 0) is 4.74 Å². The van der Waals surface area contributed by atoms with Gasteiger partial charge in [0.1, 0.15) is 0 Å². The van der Waals surface area contributed by atoms with E-state index in [-0.39, 0.29) is 12.5 Å². The van der Waals surface area contributed by atoms with E-state index in [4.69, 9.17) is 0 Å². The number of likely N-dealkylation sites (tertiary alicyclic amines) is 1. The smallest absolute Gasteiger partial charge is 0.323 e. The Balaban J connectivity index is 2.23. The third kappa shape index (κ3) is 3.19. The summed E-state index contributed by atoms with van der Waals surface area (Å²) in [5.41, 5.74) is 0. The number of nitrogens with zero attached hydrogens (tertiary/aromatic N) is 1. The number of rotatable bonds is 4. The Labute approximate surface area is 77.9 Å². The van der Waals surface area contributed by atoms with Crippen molar-refractivity contribution < 1.29 is 13.5 Å². The van der Waals surface area contributed by atoms with Gasteiger partial charge >= 0.3 is 6.61 Å². The molecule has 1 heterocycles. The molecule has 1 saturated heterocycles. The molecule has 1 aliphatic heterocycles. The van der Waals surface area contributed by atoms with Gasteiger partial charge in [-0.05, 0) is 25.8 Å². The van der Waals surface area contributed by atoms with E-state index in [0.717, 1.165) is 19.4 Å². The van der Waals surface area contributed by atoms with Gasteiger partial charge in [0, 0.05) is 12.6 Å². The minimum atomic E-state index is -2.62. The van der Waals surface area contributed by atoms with Gasteiger partial charge in [-0.3, -0.25) is 0 Å². The lowest BCUT2D eigenvalue weighted by Gasteiger charge is -2.16. The molecule has 0 N–H and O–H groups in total. The summed E-state index contributed by atoms with van der Waals surface area (Å²) in [4.78, 5) is 2.22. The van der Waals surface area contributed by atoms with Crippen LogP contribution in [0.15, 0.2) is 0 Å². The van der Waals surface area contributed by atoms with Crippen molar-refractivity contribution in [2.24, 2.45) is 5.92 Å². The number of hydrogen-bond donors (Lipinski definition) is 0. The van der Waals surface area contributed by atoms with Gasteiger partial charge in [-0.15, -0.1) is 0 Å². The van der Waals surface area contributed by atoms with Crippen LogP contribution in [0.5, 0.6) is 0 Å². The molecule has 0 radical (unpaired) electrons. The van der Waals surface area contributed by atoms with Gasteiger partial charge in [-0.25, -0.2) is 0 Å². The molecule has 13 heavy (non-hydrogen) atoms. The fourth-order valence-electron chi connectivity index (χ4n) is 2.00. The van der Waals surface area contributed by atoms with Crippen molar-refractivity contribution >= 4 is 0 Å². The maximum Gasteiger partial charge on any atom is 0.345 e. The number of ether oxygens (including phenoxy) is 1. The van der Waals surface area contributed by atoms with Crippen molar-refractivity contribution in [3.05, 3.63) is 0 Å². The van der Waals surface area contributed by atoms with Gasteiger partial charge < -0.3 is 9.64 Å². The third-order valence-corrected chi connectivity index (χ3v) is 2.70. The molecule has 0 aliphatic carbocycles.